The first kappa shape index (κ1) is 19.8. The number of amides is 1. The molecule has 1 amide bonds. The molecule has 28 heavy (non-hydrogen) atoms. The van der Waals surface area contributed by atoms with Gasteiger partial charge in [-0.05, 0) is 18.4 Å². The number of carboxylic acid groups (broad SMARTS) is 1. The van der Waals surface area contributed by atoms with Crippen molar-refractivity contribution in [3.05, 3.63) is 71.3 Å². The minimum Gasteiger partial charge on any atom is -0.480 e. The van der Waals surface area contributed by atoms with Gasteiger partial charge in [-0.25, -0.2) is 4.79 Å². The van der Waals surface area contributed by atoms with E-state index >= 15 is 0 Å². The highest BCUT2D eigenvalue weighted by Gasteiger charge is 2.26. The van der Waals surface area contributed by atoms with E-state index in [1.54, 1.807) is 36.4 Å². The van der Waals surface area contributed by atoms with Crippen LogP contribution in [-0.4, -0.2) is 28.8 Å². The van der Waals surface area contributed by atoms with Crippen molar-refractivity contribution in [2.75, 3.05) is 0 Å². The van der Waals surface area contributed by atoms with Gasteiger partial charge in [-0.2, -0.15) is 0 Å². The van der Waals surface area contributed by atoms with Crippen LogP contribution in [0.3, 0.4) is 0 Å². The Kier molecular flexibility index (Phi) is 6.58. The number of nitrogens with one attached hydrogen (secondary N) is 1. The molecule has 0 radical (unpaired) electrons. The van der Waals surface area contributed by atoms with Crippen LogP contribution < -0.4 is 5.32 Å². The lowest BCUT2D eigenvalue weighted by Gasteiger charge is -2.23. The smallest absolute Gasteiger partial charge is 0.326 e. The Labute approximate surface area is 164 Å². The van der Waals surface area contributed by atoms with Crippen LogP contribution >= 0.6 is 0 Å². The Hall–Kier alpha value is -2.95. The second-order valence-electron chi connectivity index (χ2n) is 7.33. The van der Waals surface area contributed by atoms with Gasteiger partial charge < -0.3 is 10.4 Å². The zero-order valence-electron chi connectivity index (χ0n) is 15.8. The van der Waals surface area contributed by atoms with Gasteiger partial charge in [0.05, 0.1) is 0 Å². The molecule has 0 spiro atoms. The molecule has 1 atom stereocenters. The summed E-state index contributed by atoms with van der Waals surface area (Å²) in [6, 6.07) is 14.9. The van der Waals surface area contributed by atoms with Gasteiger partial charge in [0.2, 0.25) is 5.91 Å². The lowest BCUT2D eigenvalue weighted by Crippen LogP contribution is -2.45. The van der Waals surface area contributed by atoms with E-state index in [2.05, 4.69) is 5.32 Å². The standard InChI is InChI=1S/C23H25NO4/c25-21(17-7-3-1-4-8-17)18-13-11-16(12-14-18)15-20(23(27)28)24-22(26)19-9-5-2-6-10-19/h1,3-4,7-8,11-14,19-20H,2,5-6,9-10,15H2,(H,24,26)(H,27,28)/t20-/m0/s1. The molecule has 1 aliphatic carbocycles. The summed E-state index contributed by atoms with van der Waals surface area (Å²) in [5, 5.41) is 12.2. The fraction of sp³-hybridized carbons (Fsp3) is 0.348. The Balaban J connectivity index is 1.64. The zero-order valence-corrected chi connectivity index (χ0v) is 15.8. The Morgan fingerprint density at radius 1 is 0.893 bits per heavy atom. The van der Waals surface area contributed by atoms with Crippen LogP contribution in [0.2, 0.25) is 0 Å². The maximum absolute atomic E-state index is 12.5. The normalized spacial score (nSPS) is 15.6. The molecule has 0 bridgehead atoms. The molecule has 1 fully saturated rings. The summed E-state index contributed by atoms with van der Waals surface area (Å²) in [7, 11) is 0. The topological polar surface area (TPSA) is 83.5 Å². The van der Waals surface area contributed by atoms with Gasteiger partial charge in [0.1, 0.15) is 6.04 Å². The minimum absolute atomic E-state index is 0.0764. The summed E-state index contributed by atoms with van der Waals surface area (Å²) in [6.45, 7) is 0. The number of ketones is 1. The Morgan fingerprint density at radius 2 is 1.50 bits per heavy atom. The van der Waals surface area contributed by atoms with E-state index in [0.29, 0.717) is 11.1 Å². The fourth-order valence-electron chi connectivity index (χ4n) is 3.64. The van der Waals surface area contributed by atoms with Crippen LogP contribution in [0.4, 0.5) is 0 Å². The summed E-state index contributed by atoms with van der Waals surface area (Å²) in [4.78, 5) is 36.5. The quantitative estimate of drug-likeness (QED) is 0.720. The van der Waals surface area contributed by atoms with Crippen molar-refractivity contribution in [2.45, 2.75) is 44.6 Å². The number of aliphatic carboxylic acids is 1. The molecule has 1 saturated carbocycles. The van der Waals surface area contributed by atoms with Gasteiger partial charge in [0.25, 0.3) is 0 Å². The lowest BCUT2D eigenvalue weighted by atomic mass is 9.88. The lowest BCUT2D eigenvalue weighted by molar-refractivity contribution is -0.142. The molecule has 2 N–H and O–H groups in total. The molecule has 0 aliphatic heterocycles. The van der Waals surface area contributed by atoms with Crippen molar-refractivity contribution in [1.82, 2.24) is 5.32 Å². The molecule has 2 aromatic rings. The SMILES string of the molecule is O=C(c1ccccc1)c1ccc(C[C@H](NC(=O)C2CCCCC2)C(=O)O)cc1. The zero-order chi connectivity index (χ0) is 19.9. The maximum atomic E-state index is 12.5. The summed E-state index contributed by atoms with van der Waals surface area (Å²) >= 11 is 0. The van der Waals surface area contributed by atoms with Crippen molar-refractivity contribution >= 4 is 17.7 Å². The highest BCUT2D eigenvalue weighted by atomic mass is 16.4. The van der Waals surface area contributed by atoms with E-state index in [9.17, 15) is 19.5 Å². The molecule has 0 heterocycles. The van der Waals surface area contributed by atoms with Gasteiger partial charge in [-0.1, -0.05) is 73.9 Å². The highest BCUT2D eigenvalue weighted by Crippen LogP contribution is 2.24. The predicted octanol–water partition coefficient (Wildman–Crippen LogP) is 3.61. The highest BCUT2D eigenvalue weighted by molar-refractivity contribution is 6.08. The number of benzene rings is 2. The summed E-state index contributed by atoms with van der Waals surface area (Å²) in [5.41, 5.74) is 1.92. The van der Waals surface area contributed by atoms with E-state index in [1.807, 2.05) is 18.2 Å². The number of rotatable bonds is 7. The third-order valence-electron chi connectivity index (χ3n) is 5.28. The summed E-state index contributed by atoms with van der Waals surface area (Å²) in [5.74, 6) is -1.37. The molecule has 5 heteroatoms. The first-order chi connectivity index (χ1) is 13.5. The average molecular weight is 379 g/mol. The van der Waals surface area contributed by atoms with E-state index < -0.39 is 12.0 Å². The molecule has 0 saturated heterocycles. The van der Waals surface area contributed by atoms with Crippen LogP contribution in [-0.2, 0) is 16.0 Å². The molecular weight excluding hydrogens is 354 g/mol. The van der Waals surface area contributed by atoms with Crippen LogP contribution in [0, 0.1) is 5.92 Å². The molecule has 2 aromatic carbocycles. The maximum Gasteiger partial charge on any atom is 0.326 e. The van der Waals surface area contributed by atoms with Crippen molar-refractivity contribution in [3.63, 3.8) is 0 Å². The minimum atomic E-state index is -1.05. The first-order valence-corrected chi connectivity index (χ1v) is 9.76. The Morgan fingerprint density at radius 3 is 2.11 bits per heavy atom. The number of hydrogen-bond donors (Lipinski definition) is 2. The molecule has 146 valence electrons. The molecule has 1 aliphatic rings. The van der Waals surface area contributed by atoms with Gasteiger partial charge in [0, 0.05) is 23.5 Å². The average Bonchev–Trinajstić information content (AvgIpc) is 2.74. The fourth-order valence-corrected chi connectivity index (χ4v) is 3.64. The summed E-state index contributed by atoms with van der Waals surface area (Å²) < 4.78 is 0. The molecule has 3 rings (SSSR count). The second kappa shape index (κ2) is 9.31. The van der Waals surface area contributed by atoms with Crippen molar-refractivity contribution in [1.29, 1.82) is 0 Å². The van der Waals surface area contributed by atoms with E-state index in [-0.39, 0.29) is 24.0 Å². The van der Waals surface area contributed by atoms with E-state index in [4.69, 9.17) is 0 Å². The van der Waals surface area contributed by atoms with Gasteiger partial charge in [-0.15, -0.1) is 0 Å². The molecule has 5 nitrogen and oxygen atoms in total. The van der Waals surface area contributed by atoms with E-state index in [0.717, 1.165) is 37.7 Å². The Bertz CT molecular complexity index is 823. The second-order valence-corrected chi connectivity index (χ2v) is 7.33. The number of carbonyl (C=O) groups is 3. The van der Waals surface area contributed by atoms with E-state index in [1.165, 1.54) is 0 Å². The van der Waals surface area contributed by atoms with Crippen LogP contribution in [0.5, 0.6) is 0 Å². The third kappa shape index (κ3) is 5.06. The number of hydrogen-bond acceptors (Lipinski definition) is 3. The summed E-state index contributed by atoms with van der Waals surface area (Å²) in [6.07, 6.45) is 5.02. The van der Waals surface area contributed by atoms with Crippen LogP contribution in [0.15, 0.2) is 54.6 Å². The van der Waals surface area contributed by atoms with Gasteiger partial charge in [-0.3, -0.25) is 9.59 Å². The monoisotopic (exact) mass is 379 g/mol. The predicted molar refractivity (Wildman–Crippen MR) is 106 cm³/mol. The number of carbonyl (C=O) groups excluding carboxylic acids is 2. The van der Waals surface area contributed by atoms with Crippen LogP contribution in [0.25, 0.3) is 0 Å². The molecular formula is C23H25NO4. The molecule has 0 unspecified atom stereocenters. The van der Waals surface area contributed by atoms with Crippen LogP contribution in [0.1, 0.15) is 53.6 Å². The van der Waals surface area contributed by atoms with Crippen molar-refractivity contribution in [3.8, 4) is 0 Å². The third-order valence-corrected chi connectivity index (χ3v) is 5.28. The molecule has 0 aromatic heterocycles. The van der Waals surface area contributed by atoms with Gasteiger partial charge in [0.15, 0.2) is 5.78 Å². The van der Waals surface area contributed by atoms with Gasteiger partial charge >= 0.3 is 5.97 Å². The van der Waals surface area contributed by atoms with Crippen molar-refractivity contribution < 1.29 is 19.5 Å². The largest absolute Gasteiger partial charge is 0.480 e. The van der Waals surface area contributed by atoms with Crippen molar-refractivity contribution in [2.24, 2.45) is 5.92 Å². The first-order valence-electron chi connectivity index (χ1n) is 9.76. The number of carboxylic acids is 1.